The van der Waals surface area contributed by atoms with Crippen LogP contribution in [-0.4, -0.2) is 19.1 Å². The minimum absolute atomic E-state index is 0.259. The molecule has 0 radical (unpaired) electrons. The van der Waals surface area contributed by atoms with Gasteiger partial charge in [-0.2, -0.15) is 0 Å². The number of carbonyl (C=O) groups excluding carboxylic acids is 1. The smallest absolute Gasteiger partial charge is 0.330 e. The topological polar surface area (TPSA) is 52.3 Å². The fourth-order valence-corrected chi connectivity index (χ4v) is 0.780. The molecular formula is C9H17NO2. The van der Waals surface area contributed by atoms with E-state index in [4.69, 9.17) is 10.5 Å². The molecule has 12 heavy (non-hydrogen) atoms. The molecule has 0 bridgehead atoms. The second kappa shape index (κ2) is 8.27. The SMILES string of the molecule is CC=CC(=O)OCCCCCN. The lowest BCUT2D eigenvalue weighted by Gasteiger charge is -2.00. The molecule has 70 valence electrons. The van der Waals surface area contributed by atoms with Gasteiger partial charge in [-0.3, -0.25) is 0 Å². The van der Waals surface area contributed by atoms with Crippen molar-refractivity contribution in [1.82, 2.24) is 0 Å². The summed E-state index contributed by atoms with van der Waals surface area (Å²) in [4.78, 5) is 10.7. The van der Waals surface area contributed by atoms with Gasteiger partial charge in [-0.05, 0) is 32.7 Å². The summed E-state index contributed by atoms with van der Waals surface area (Å²) in [6.07, 6.45) is 6.02. The number of esters is 1. The summed E-state index contributed by atoms with van der Waals surface area (Å²) in [6.45, 7) is 3.00. The molecule has 3 heteroatoms. The van der Waals surface area contributed by atoms with E-state index in [1.54, 1.807) is 13.0 Å². The zero-order valence-electron chi connectivity index (χ0n) is 7.58. The molecule has 0 fully saturated rings. The Morgan fingerprint density at radius 3 is 2.75 bits per heavy atom. The maximum atomic E-state index is 10.7. The van der Waals surface area contributed by atoms with Crippen molar-refractivity contribution in [3.05, 3.63) is 12.2 Å². The second-order valence-corrected chi connectivity index (χ2v) is 2.52. The van der Waals surface area contributed by atoms with E-state index in [1.807, 2.05) is 0 Å². The van der Waals surface area contributed by atoms with Crippen LogP contribution in [0.15, 0.2) is 12.2 Å². The maximum absolute atomic E-state index is 10.7. The number of ether oxygens (including phenoxy) is 1. The summed E-state index contributed by atoms with van der Waals surface area (Å²) >= 11 is 0. The Balaban J connectivity index is 3.14. The lowest BCUT2D eigenvalue weighted by molar-refractivity contribution is -0.137. The first-order chi connectivity index (χ1) is 5.81. The third-order valence-corrected chi connectivity index (χ3v) is 1.40. The van der Waals surface area contributed by atoms with E-state index in [0.717, 1.165) is 19.3 Å². The summed E-state index contributed by atoms with van der Waals surface area (Å²) in [5.41, 5.74) is 5.30. The van der Waals surface area contributed by atoms with Crippen molar-refractivity contribution in [1.29, 1.82) is 0 Å². The highest BCUT2D eigenvalue weighted by molar-refractivity contribution is 5.81. The molecule has 0 aromatic carbocycles. The van der Waals surface area contributed by atoms with E-state index < -0.39 is 0 Å². The Morgan fingerprint density at radius 2 is 2.17 bits per heavy atom. The molecule has 0 atom stereocenters. The van der Waals surface area contributed by atoms with Gasteiger partial charge in [-0.1, -0.05) is 6.08 Å². The van der Waals surface area contributed by atoms with E-state index >= 15 is 0 Å². The van der Waals surface area contributed by atoms with Crippen LogP contribution in [0.3, 0.4) is 0 Å². The van der Waals surface area contributed by atoms with Gasteiger partial charge in [0, 0.05) is 6.08 Å². The Bertz CT molecular complexity index is 143. The predicted molar refractivity (Wildman–Crippen MR) is 48.7 cm³/mol. The first-order valence-electron chi connectivity index (χ1n) is 4.30. The monoisotopic (exact) mass is 171 g/mol. The average molecular weight is 171 g/mol. The third-order valence-electron chi connectivity index (χ3n) is 1.40. The lowest BCUT2D eigenvalue weighted by Crippen LogP contribution is -2.03. The summed E-state index contributed by atoms with van der Waals surface area (Å²) in [7, 11) is 0. The van der Waals surface area contributed by atoms with Crippen LogP contribution in [0.5, 0.6) is 0 Å². The van der Waals surface area contributed by atoms with Crippen LogP contribution in [0.2, 0.25) is 0 Å². The molecule has 0 aliphatic carbocycles. The van der Waals surface area contributed by atoms with Gasteiger partial charge >= 0.3 is 5.97 Å². The number of unbranched alkanes of at least 4 members (excludes halogenated alkanes) is 2. The normalized spacial score (nSPS) is 10.5. The quantitative estimate of drug-likeness (QED) is 0.371. The largest absolute Gasteiger partial charge is 0.463 e. The van der Waals surface area contributed by atoms with E-state index in [1.165, 1.54) is 6.08 Å². The van der Waals surface area contributed by atoms with Gasteiger partial charge in [-0.15, -0.1) is 0 Å². The molecule has 2 N–H and O–H groups in total. The number of carbonyl (C=O) groups is 1. The van der Waals surface area contributed by atoms with E-state index in [0.29, 0.717) is 13.2 Å². The molecule has 0 saturated heterocycles. The molecule has 0 heterocycles. The van der Waals surface area contributed by atoms with Crippen molar-refractivity contribution < 1.29 is 9.53 Å². The van der Waals surface area contributed by atoms with Gasteiger partial charge in [0.2, 0.25) is 0 Å². The molecule has 0 aromatic heterocycles. The van der Waals surface area contributed by atoms with E-state index in [9.17, 15) is 4.79 Å². The molecule has 0 aromatic rings. The Morgan fingerprint density at radius 1 is 1.42 bits per heavy atom. The van der Waals surface area contributed by atoms with Crippen molar-refractivity contribution in [2.45, 2.75) is 26.2 Å². The van der Waals surface area contributed by atoms with E-state index in [2.05, 4.69) is 0 Å². The Labute approximate surface area is 73.6 Å². The second-order valence-electron chi connectivity index (χ2n) is 2.52. The van der Waals surface area contributed by atoms with Crippen LogP contribution in [-0.2, 0) is 9.53 Å². The molecule has 0 aliphatic rings. The number of hydrogen-bond acceptors (Lipinski definition) is 3. The first-order valence-corrected chi connectivity index (χ1v) is 4.30. The van der Waals surface area contributed by atoms with Gasteiger partial charge in [0.25, 0.3) is 0 Å². The molecule has 0 spiro atoms. The van der Waals surface area contributed by atoms with Crippen LogP contribution in [0.25, 0.3) is 0 Å². The molecule has 0 aliphatic heterocycles. The summed E-state index contributed by atoms with van der Waals surface area (Å²) in [6, 6.07) is 0. The van der Waals surface area contributed by atoms with Crippen molar-refractivity contribution >= 4 is 5.97 Å². The lowest BCUT2D eigenvalue weighted by atomic mass is 10.2. The van der Waals surface area contributed by atoms with Gasteiger partial charge in [0.05, 0.1) is 6.61 Å². The third kappa shape index (κ3) is 7.28. The van der Waals surface area contributed by atoms with Gasteiger partial charge in [-0.25, -0.2) is 4.79 Å². The van der Waals surface area contributed by atoms with E-state index in [-0.39, 0.29) is 5.97 Å². The molecule has 0 rings (SSSR count). The summed E-state index contributed by atoms with van der Waals surface area (Å²) in [5.74, 6) is -0.259. The number of rotatable bonds is 6. The fraction of sp³-hybridized carbons (Fsp3) is 0.667. The maximum Gasteiger partial charge on any atom is 0.330 e. The number of nitrogens with two attached hydrogens (primary N) is 1. The minimum atomic E-state index is -0.259. The van der Waals surface area contributed by atoms with Crippen molar-refractivity contribution in [3.63, 3.8) is 0 Å². The zero-order chi connectivity index (χ0) is 9.23. The highest BCUT2D eigenvalue weighted by Gasteiger charge is 1.94. The van der Waals surface area contributed by atoms with Gasteiger partial charge in [0.1, 0.15) is 0 Å². The summed E-state index contributed by atoms with van der Waals surface area (Å²) < 4.78 is 4.86. The Hall–Kier alpha value is -0.830. The number of hydrogen-bond donors (Lipinski definition) is 1. The summed E-state index contributed by atoms with van der Waals surface area (Å²) in [5, 5.41) is 0. The minimum Gasteiger partial charge on any atom is -0.463 e. The van der Waals surface area contributed by atoms with Crippen LogP contribution >= 0.6 is 0 Å². The first kappa shape index (κ1) is 11.2. The van der Waals surface area contributed by atoms with Crippen LogP contribution in [0, 0.1) is 0 Å². The fourth-order valence-electron chi connectivity index (χ4n) is 0.780. The van der Waals surface area contributed by atoms with Crippen molar-refractivity contribution in [2.75, 3.05) is 13.2 Å². The molecule has 3 nitrogen and oxygen atoms in total. The molecular weight excluding hydrogens is 154 g/mol. The van der Waals surface area contributed by atoms with Crippen molar-refractivity contribution in [3.8, 4) is 0 Å². The van der Waals surface area contributed by atoms with Crippen LogP contribution in [0.1, 0.15) is 26.2 Å². The number of allylic oxidation sites excluding steroid dienone is 1. The molecule has 0 unspecified atom stereocenters. The van der Waals surface area contributed by atoms with Crippen LogP contribution in [0.4, 0.5) is 0 Å². The Kier molecular flexibility index (Phi) is 7.70. The standard InChI is InChI=1S/C9H17NO2/c1-2-6-9(11)12-8-5-3-4-7-10/h2,6H,3-5,7-8,10H2,1H3. The zero-order valence-corrected chi connectivity index (χ0v) is 7.58. The highest BCUT2D eigenvalue weighted by atomic mass is 16.5. The van der Waals surface area contributed by atoms with Crippen LogP contribution < -0.4 is 5.73 Å². The molecule has 0 saturated carbocycles. The molecule has 0 amide bonds. The van der Waals surface area contributed by atoms with Gasteiger partial charge < -0.3 is 10.5 Å². The highest BCUT2D eigenvalue weighted by Crippen LogP contribution is 1.94. The average Bonchev–Trinajstić information content (AvgIpc) is 2.05. The van der Waals surface area contributed by atoms with Gasteiger partial charge in [0.15, 0.2) is 0 Å². The predicted octanol–water partition coefficient (Wildman–Crippen LogP) is 1.23. The van der Waals surface area contributed by atoms with Crippen molar-refractivity contribution in [2.24, 2.45) is 5.73 Å².